The van der Waals surface area contributed by atoms with Crippen molar-refractivity contribution in [3.63, 3.8) is 0 Å². The van der Waals surface area contributed by atoms with Gasteiger partial charge in [0.15, 0.2) is 5.11 Å². The molecule has 4 rings (SSSR count). The van der Waals surface area contributed by atoms with E-state index in [4.69, 9.17) is 17.5 Å². The molecule has 2 heterocycles. The fourth-order valence-electron chi connectivity index (χ4n) is 3.92. The van der Waals surface area contributed by atoms with E-state index < -0.39 is 28.7 Å². The van der Waals surface area contributed by atoms with E-state index in [1.54, 1.807) is 51.4 Å². The Kier molecular flexibility index (Phi) is 5.05. The van der Waals surface area contributed by atoms with Crippen LogP contribution in [0.1, 0.15) is 25.0 Å². The second kappa shape index (κ2) is 7.42. The number of carbonyl (C=O) groups is 1. The molecule has 33 heavy (non-hydrogen) atoms. The fourth-order valence-corrected chi connectivity index (χ4v) is 4.45. The van der Waals surface area contributed by atoms with Crippen molar-refractivity contribution in [3.05, 3.63) is 70.1 Å². The maximum absolute atomic E-state index is 13.5. The molecule has 10 heteroatoms. The fraction of sp³-hybridized carbons (Fsp3) is 0.217. The summed E-state index contributed by atoms with van der Waals surface area (Å²) in [6.07, 6.45) is -3.14. The van der Waals surface area contributed by atoms with Crippen LogP contribution in [0, 0.1) is 11.3 Å². The summed E-state index contributed by atoms with van der Waals surface area (Å²) in [4.78, 5) is 28.4. The van der Waals surface area contributed by atoms with Crippen LogP contribution < -0.4 is 15.4 Å². The third-order valence-corrected chi connectivity index (χ3v) is 6.04. The minimum absolute atomic E-state index is 0.0325. The Morgan fingerprint density at radius 2 is 1.70 bits per heavy atom. The molecule has 168 valence electrons. The third-order valence-electron chi connectivity index (χ3n) is 5.68. The first-order valence-electron chi connectivity index (χ1n) is 9.77. The highest BCUT2D eigenvalue weighted by Gasteiger charge is 2.50. The lowest BCUT2D eigenvalue weighted by molar-refractivity contribution is -0.137. The standard InChI is InChI=1S/C23H17F3N4O2S/c1-22(2)20(32)29(15-6-5-14(12-27)18(11-15)23(24,25)26)21(33)30(22)16-7-4-13-8-9-28(3)19(31)17(13)10-16/h4-11H,1-3H3. The molecule has 0 aliphatic carbocycles. The number of pyridine rings is 1. The molecule has 0 N–H and O–H groups in total. The zero-order chi connectivity index (χ0) is 24.3. The highest BCUT2D eigenvalue weighted by Crippen LogP contribution is 2.40. The molecule has 6 nitrogen and oxygen atoms in total. The maximum Gasteiger partial charge on any atom is 0.417 e. The van der Waals surface area contributed by atoms with Gasteiger partial charge in [-0.15, -0.1) is 0 Å². The Morgan fingerprint density at radius 1 is 1.03 bits per heavy atom. The molecule has 0 unspecified atom stereocenters. The average molecular weight is 470 g/mol. The number of fused-ring (bicyclic) bond motifs is 1. The van der Waals surface area contributed by atoms with Crippen LogP contribution in [0.25, 0.3) is 10.8 Å². The number of anilines is 2. The molecule has 2 aromatic carbocycles. The molecule has 1 amide bonds. The quantitative estimate of drug-likeness (QED) is 0.521. The largest absolute Gasteiger partial charge is 0.417 e. The minimum atomic E-state index is -4.78. The van der Waals surface area contributed by atoms with Crippen molar-refractivity contribution in [2.45, 2.75) is 25.6 Å². The number of hydrogen-bond acceptors (Lipinski definition) is 4. The molecule has 3 aromatic rings. The van der Waals surface area contributed by atoms with Crippen LogP contribution in [-0.2, 0) is 18.0 Å². The number of alkyl halides is 3. The van der Waals surface area contributed by atoms with Crippen molar-refractivity contribution >= 4 is 45.4 Å². The van der Waals surface area contributed by atoms with Crippen LogP contribution in [0.2, 0.25) is 0 Å². The molecule has 0 radical (unpaired) electrons. The molecular weight excluding hydrogens is 453 g/mol. The van der Waals surface area contributed by atoms with Crippen molar-refractivity contribution in [2.24, 2.45) is 7.05 Å². The van der Waals surface area contributed by atoms with Crippen LogP contribution in [0.5, 0.6) is 0 Å². The van der Waals surface area contributed by atoms with Crippen LogP contribution in [0.15, 0.2) is 53.5 Å². The Morgan fingerprint density at radius 3 is 2.33 bits per heavy atom. The summed E-state index contributed by atoms with van der Waals surface area (Å²) < 4.78 is 41.9. The molecule has 1 fully saturated rings. The Balaban J connectivity index is 1.85. The first-order valence-corrected chi connectivity index (χ1v) is 10.2. The van der Waals surface area contributed by atoms with E-state index in [1.165, 1.54) is 21.6 Å². The number of aromatic nitrogens is 1. The van der Waals surface area contributed by atoms with Gasteiger partial charge in [-0.3, -0.25) is 14.5 Å². The lowest BCUT2D eigenvalue weighted by atomic mass is 10.0. The van der Waals surface area contributed by atoms with Gasteiger partial charge >= 0.3 is 6.18 Å². The van der Waals surface area contributed by atoms with Gasteiger partial charge < -0.3 is 9.47 Å². The monoisotopic (exact) mass is 470 g/mol. The number of nitriles is 1. The third kappa shape index (κ3) is 3.45. The first-order chi connectivity index (χ1) is 15.4. The number of benzene rings is 2. The van der Waals surface area contributed by atoms with Gasteiger partial charge in [0.25, 0.3) is 11.5 Å². The van der Waals surface area contributed by atoms with E-state index in [0.29, 0.717) is 16.5 Å². The summed E-state index contributed by atoms with van der Waals surface area (Å²) in [6, 6.07) is 11.4. The Bertz CT molecular complexity index is 1440. The Hall–Kier alpha value is -3.71. The summed E-state index contributed by atoms with van der Waals surface area (Å²) >= 11 is 5.53. The predicted molar refractivity (Wildman–Crippen MR) is 122 cm³/mol. The molecule has 1 aliphatic rings. The lowest BCUT2D eigenvalue weighted by Crippen LogP contribution is -2.44. The first kappa shape index (κ1) is 22.5. The number of carbonyl (C=O) groups excluding carboxylic acids is 1. The smallest absolute Gasteiger partial charge is 0.318 e. The summed E-state index contributed by atoms with van der Waals surface area (Å²) in [5.74, 6) is -0.536. The number of thiocarbonyl (C=S) groups is 1. The van der Waals surface area contributed by atoms with Crippen LogP contribution in [0.4, 0.5) is 24.5 Å². The average Bonchev–Trinajstić information content (AvgIpc) is 2.93. The van der Waals surface area contributed by atoms with E-state index in [2.05, 4.69) is 0 Å². The molecule has 0 bridgehead atoms. The zero-order valence-corrected chi connectivity index (χ0v) is 18.6. The van der Waals surface area contributed by atoms with Crippen molar-refractivity contribution < 1.29 is 18.0 Å². The SMILES string of the molecule is Cn1ccc2ccc(N3C(=S)N(c4ccc(C#N)c(C(F)(F)F)c4)C(=O)C3(C)C)cc2c1=O. The molecule has 0 spiro atoms. The summed E-state index contributed by atoms with van der Waals surface area (Å²) in [6.45, 7) is 3.20. The molecule has 1 saturated heterocycles. The highest BCUT2D eigenvalue weighted by atomic mass is 32.1. The molecule has 1 aliphatic heterocycles. The van der Waals surface area contributed by atoms with E-state index in [-0.39, 0.29) is 16.4 Å². The van der Waals surface area contributed by atoms with Crippen molar-refractivity contribution in [2.75, 3.05) is 9.80 Å². The molecule has 1 aromatic heterocycles. The van der Waals surface area contributed by atoms with Gasteiger partial charge in [0.1, 0.15) is 5.54 Å². The van der Waals surface area contributed by atoms with Crippen molar-refractivity contribution in [3.8, 4) is 6.07 Å². The second-order valence-electron chi connectivity index (χ2n) is 8.16. The van der Waals surface area contributed by atoms with Gasteiger partial charge in [0.05, 0.1) is 22.9 Å². The van der Waals surface area contributed by atoms with Crippen LogP contribution in [-0.4, -0.2) is 21.1 Å². The topological polar surface area (TPSA) is 69.3 Å². The van der Waals surface area contributed by atoms with Gasteiger partial charge in [-0.25, -0.2) is 0 Å². The van der Waals surface area contributed by atoms with Crippen molar-refractivity contribution in [1.82, 2.24) is 4.57 Å². The summed E-state index contributed by atoms with van der Waals surface area (Å²) in [5.41, 5.74) is -2.81. The van der Waals surface area contributed by atoms with Gasteiger partial charge in [0.2, 0.25) is 0 Å². The number of aryl methyl sites for hydroxylation is 1. The summed E-state index contributed by atoms with van der Waals surface area (Å²) in [5, 5.41) is 10.1. The predicted octanol–water partition coefficient (Wildman–Crippen LogP) is 4.35. The molecule has 0 atom stereocenters. The second-order valence-corrected chi connectivity index (χ2v) is 8.53. The summed E-state index contributed by atoms with van der Waals surface area (Å²) in [7, 11) is 1.62. The number of nitrogens with zero attached hydrogens (tertiary/aromatic N) is 4. The van der Waals surface area contributed by atoms with E-state index in [0.717, 1.165) is 17.0 Å². The molecular formula is C23H17F3N4O2S. The number of amides is 1. The maximum atomic E-state index is 13.5. The van der Waals surface area contributed by atoms with Gasteiger partial charge in [0, 0.05) is 24.3 Å². The van der Waals surface area contributed by atoms with E-state index in [9.17, 15) is 22.8 Å². The lowest BCUT2D eigenvalue weighted by Gasteiger charge is -2.29. The van der Waals surface area contributed by atoms with Crippen LogP contribution >= 0.6 is 12.2 Å². The number of halogens is 3. The van der Waals surface area contributed by atoms with E-state index >= 15 is 0 Å². The number of rotatable bonds is 2. The Labute approximate surface area is 192 Å². The zero-order valence-electron chi connectivity index (χ0n) is 17.8. The highest BCUT2D eigenvalue weighted by molar-refractivity contribution is 7.81. The molecule has 0 saturated carbocycles. The van der Waals surface area contributed by atoms with E-state index in [1.807, 2.05) is 0 Å². The minimum Gasteiger partial charge on any atom is -0.318 e. The normalized spacial score (nSPS) is 15.9. The number of hydrogen-bond donors (Lipinski definition) is 0. The van der Waals surface area contributed by atoms with Gasteiger partial charge in [-0.2, -0.15) is 18.4 Å². The van der Waals surface area contributed by atoms with Crippen molar-refractivity contribution in [1.29, 1.82) is 5.26 Å². The van der Waals surface area contributed by atoms with Gasteiger partial charge in [-0.1, -0.05) is 6.07 Å². The van der Waals surface area contributed by atoms with Gasteiger partial charge in [-0.05, 0) is 67.8 Å². The van der Waals surface area contributed by atoms with Crippen LogP contribution in [0.3, 0.4) is 0 Å².